The Hall–Kier alpha value is -1.50. The molecule has 4 rings (SSSR count). The van der Waals surface area contributed by atoms with Gasteiger partial charge >= 0.3 is 0 Å². The lowest BCUT2D eigenvalue weighted by Gasteiger charge is -2.19. The molecule has 1 aliphatic heterocycles. The van der Waals surface area contributed by atoms with Gasteiger partial charge in [-0.05, 0) is 37.1 Å². The lowest BCUT2D eigenvalue weighted by molar-refractivity contribution is -0.113. The number of thiocarbonyl (C=S) groups is 1. The summed E-state index contributed by atoms with van der Waals surface area (Å²) in [5.41, 5.74) is 0.798. The summed E-state index contributed by atoms with van der Waals surface area (Å²) in [7, 11) is 0. The van der Waals surface area contributed by atoms with Gasteiger partial charge in [0.25, 0.3) is 5.91 Å². The zero-order valence-corrected chi connectivity index (χ0v) is 16.7. The van der Waals surface area contributed by atoms with Gasteiger partial charge in [-0.15, -0.1) is 0 Å². The van der Waals surface area contributed by atoms with E-state index in [1.165, 1.54) is 43.9 Å². The van der Waals surface area contributed by atoms with E-state index in [9.17, 15) is 4.79 Å². The molecule has 134 valence electrons. The first-order valence-corrected chi connectivity index (χ1v) is 10.9. The van der Waals surface area contributed by atoms with E-state index in [0.717, 1.165) is 10.8 Å². The molecule has 1 aliphatic carbocycles. The van der Waals surface area contributed by atoms with Gasteiger partial charge in [0.1, 0.15) is 5.76 Å². The van der Waals surface area contributed by atoms with Gasteiger partial charge in [0, 0.05) is 11.3 Å². The first-order valence-electron chi connectivity index (χ1n) is 8.80. The van der Waals surface area contributed by atoms with Gasteiger partial charge in [0.15, 0.2) is 9.41 Å². The average Bonchev–Trinajstić information content (AvgIpc) is 3.21. The van der Waals surface area contributed by atoms with E-state index in [1.807, 2.05) is 54.2 Å². The van der Waals surface area contributed by atoms with Crippen LogP contribution in [0.4, 0.5) is 5.69 Å². The number of carbonyl (C=O) groups excluding carboxylic acids is 1. The molecule has 6 heteroatoms. The number of nitrogens with zero attached hydrogens (tertiary/aromatic N) is 1. The van der Waals surface area contributed by atoms with Crippen LogP contribution in [0, 0.1) is 0 Å². The van der Waals surface area contributed by atoms with E-state index in [4.69, 9.17) is 16.6 Å². The van der Waals surface area contributed by atoms with Crippen molar-refractivity contribution in [3.63, 3.8) is 0 Å². The Morgan fingerprint density at radius 2 is 1.88 bits per heavy atom. The zero-order valence-electron chi connectivity index (χ0n) is 14.2. The van der Waals surface area contributed by atoms with Crippen LogP contribution in [-0.2, 0) is 4.79 Å². The molecule has 1 amide bonds. The molecule has 0 spiro atoms. The van der Waals surface area contributed by atoms with Crippen molar-refractivity contribution in [1.82, 2.24) is 0 Å². The van der Waals surface area contributed by atoms with Crippen molar-refractivity contribution >= 4 is 57.7 Å². The third-order valence-corrected chi connectivity index (χ3v) is 7.08. The summed E-state index contributed by atoms with van der Waals surface area (Å²) < 4.78 is 6.48. The molecule has 0 radical (unpaired) electrons. The lowest BCUT2D eigenvalue weighted by Crippen LogP contribution is -2.27. The standard InChI is InChI=1S/C20H19NO2S3/c22-19-17(26-20(24)21(19)14-7-3-1-4-8-14)13-15-11-12-18(23-15)25-16-9-5-2-6-10-16/h1,3-4,7-8,11-13,16H,2,5-6,9-10H2/b17-13-. The molecule has 1 saturated heterocycles. The minimum Gasteiger partial charge on any atom is -0.450 e. The predicted octanol–water partition coefficient (Wildman–Crippen LogP) is 6.11. The Labute approximate surface area is 167 Å². The molecule has 1 aromatic carbocycles. The van der Waals surface area contributed by atoms with Crippen molar-refractivity contribution < 1.29 is 9.21 Å². The van der Waals surface area contributed by atoms with Gasteiger partial charge in [-0.1, -0.05) is 73.2 Å². The van der Waals surface area contributed by atoms with Crippen molar-refractivity contribution in [2.24, 2.45) is 0 Å². The van der Waals surface area contributed by atoms with Crippen molar-refractivity contribution in [2.45, 2.75) is 42.4 Å². The van der Waals surface area contributed by atoms with Crippen LogP contribution < -0.4 is 4.90 Å². The average molecular weight is 402 g/mol. The van der Waals surface area contributed by atoms with Crippen molar-refractivity contribution in [3.8, 4) is 0 Å². The van der Waals surface area contributed by atoms with Crippen molar-refractivity contribution in [3.05, 3.63) is 53.1 Å². The second-order valence-corrected chi connectivity index (χ2v) is 9.37. The number of rotatable bonds is 4. The van der Waals surface area contributed by atoms with Crippen molar-refractivity contribution in [2.75, 3.05) is 4.90 Å². The fourth-order valence-electron chi connectivity index (χ4n) is 3.22. The van der Waals surface area contributed by atoms with Crippen LogP contribution >= 0.6 is 35.7 Å². The molecule has 2 heterocycles. The minimum atomic E-state index is -0.0934. The first kappa shape index (κ1) is 17.9. The zero-order chi connectivity index (χ0) is 17.9. The van der Waals surface area contributed by atoms with E-state index in [-0.39, 0.29) is 5.91 Å². The molecule has 26 heavy (non-hydrogen) atoms. The topological polar surface area (TPSA) is 33.5 Å². The highest BCUT2D eigenvalue weighted by Crippen LogP contribution is 2.38. The summed E-state index contributed by atoms with van der Waals surface area (Å²) in [5, 5.41) is 1.58. The smallest absolute Gasteiger partial charge is 0.270 e. The number of para-hydroxylation sites is 1. The normalized spacial score (nSPS) is 20.3. The monoisotopic (exact) mass is 401 g/mol. The Morgan fingerprint density at radius 1 is 1.12 bits per heavy atom. The number of hydrogen-bond donors (Lipinski definition) is 0. The summed E-state index contributed by atoms with van der Waals surface area (Å²) in [6, 6.07) is 13.4. The molecule has 1 saturated carbocycles. The number of furan rings is 1. The van der Waals surface area contributed by atoms with Crippen LogP contribution in [0.1, 0.15) is 37.9 Å². The minimum absolute atomic E-state index is 0.0934. The summed E-state index contributed by atoms with van der Waals surface area (Å²) in [6.45, 7) is 0. The second-order valence-electron chi connectivity index (χ2n) is 6.39. The third kappa shape index (κ3) is 3.92. The largest absolute Gasteiger partial charge is 0.450 e. The van der Waals surface area contributed by atoms with Crippen LogP contribution in [0.25, 0.3) is 6.08 Å². The highest BCUT2D eigenvalue weighted by molar-refractivity contribution is 8.27. The molecule has 2 fully saturated rings. The van der Waals surface area contributed by atoms with E-state index in [1.54, 1.807) is 11.0 Å². The molecule has 2 aliphatic rings. The fraction of sp³-hybridized carbons (Fsp3) is 0.300. The maximum atomic E-state index is 12.7. The molecule has 1 aromatic heterocycles. The lowest BCUT2D eigenvalue weighted by atomic mass is 10.0. The number of hydrogen-bond acceptors (Lipinski definition) is 5. The second kappa shape index (κ2) is 8.03. The maximum Gasteiger partial charge on any atom is 0.270 e. The summed E-state index contributed by atoms with van der Waals surface area (Å²) in [4.78, 5) is 14.9. The number of carbonyl (C=O) groups is 1. The number of amides is 1. The predicted molar refractivity (Wildman–Crippen MR) is 114 cm³/mol. The van der Waals surface area contributed by atoms with Gasteiger partial charge in [0.05, 0.1) is 10.6 Å². The van der Waals surface area contributed by atoms with E-state index in [0.29, 0.717) is 20.2 Å². The fourth-order valence-corrected chi connectivity index (χ4v) is 5.69. The number of anilines is 1. The summed E-state index contributed by atoms with van der Waals surface area (Å²) in [5.74, 6) is 0.612. The highest BCUT2D eigenvalue weighted by Gasteiger charge is 2.33. The third-order valence-electron chi connectivity index (χ3n) is 4.52. The van der Waals surface area contributed by atoms with E-state index in [2.05, 4.69) is 0 Å². The molecule has 0 N–H and O–H groups in total. The van der Waals surface area contributed by atoms with Crippen LogP contribution in [0.5, 0.6) is 0 Å². The summed E-state index contributed by atoms with van der Waals surface area (Å²) >= 11 is 8.54. The number of benzene rings is 1. The molecule has 2 aromatic rings. The van der Waals surface area contributed by atoms with Gasteiger partial charge in [-0.25, -0.2) is 0 Å². The van der Waals surface area contributed by atoms with Crippen LogP contribution in [0.3, 0.4) is 0 Å². The SMILES string of the molecule is O=C1/C(=C/c2ccc(SC3CCCCC3)o2)SC(=S)N1c1ccccc1. The van der Waals surface area contributed by atoms with E-state index < -0.39 is 0 Å². The van der Waals surface area contributed by atoms with Crippen LogP contribution in [-0.4, -0.2) is 15.5 Å². The quantitative estimate of drug-likeness (QED) is 0.456. The number of thioether (sulfide) groups is 2. The van der Waals surface area contributed by atoms with Gasteiger partial charge in [-0.2, -0.15) is 0 Å². The molecule has 0 bridgehead atoms. The Kier molecular flexibility index (Phi) is 5.52. The summed E-state index contributed by atoms with van der Waals surface area (Å²) in [6.07, 6.45) is 8.30. The Bertz CT molecular complexity index is 838. The Morgan fingerprint density at radius 3 is 2.65 bits per heavy atom. The van der Waals surface area contributed by atoms with Gasteiger partial charge in [0.2, 0.25) is 0 Å². The molecular formula is C20H19NO2S3. The Balaban J connectivity index is 1.48. The van der Waals surface area contributed by atoms with Crippen molar-refractivity contribution in [1.29, 1.82) is 0 Å². The first-order chi connectivity index (χ1) is 12.7. The van der Waals surface area contributed by atoms with Crippen LogP contribution in [0.2, 0.25) is 0 Å². The van der Waals surface area contributed by atoms with E-state index >= 15 is 0 Å². The van der Waals surface area contributed by atoms with Gasteiger partial charge < -0.3 is 4.42 Å². The highest BCUT2D eigenvalue weighted by atomic mass is 32.2. The molecule has 0 unspecified atom stereocenters. The molecule has 3 nitrogen and oxygen atoms in total. The molecular weight excluding hydrogens is 382 g/mol. The maximum absolute atomic E-state index is 12.7. The van der Waals surface area contributed by atoms with Gasteiger partial charge in [-0.3, -0.25) is 9.69 Å². The molecule has 0 atom stereocenters. The van der Waals surface area contributed by atoms with Crippen LogP contribution in [0.15, 0.2) is 56.9 Å².